The van der Waals surface area contributed by atoms with Gasteiger partial charge in [0.25, 0.3) is 0 Å². The van der Waals surface area contributed by atoms with Crippen molar-refractivity contribution >= 4 is 17.4 Å². The number of benzene rings is 2. The van der Waals surface area contributed by atoms with E-state index in [0.717, 1.165) is 6.07 Å². The number of rotatable bonds is 4. The van der Waals surface area contributed by atoms with E-state index in [9.17, 15) is 14.4 Å². The fraction of sp³-hybridized carbons (Fsp3) is 0.125. The van der Waals surface area contributed by atoms with Gasteiger partial charge in [-0.3, -0.25) is 4.79 Å². The Bertz CT molecular complexity index is 724. The first-order valence-corrected chi connectivity index (χ1v) is 6.48. The molecule has 106 valence electrons. The van der Waals surface area contributed by atoms with Gasteiger partial charge in [-0.25, -0.2) is 4.39 Å². The second-order valence-corrected chi connectivity index (χ2v) is 4.70. The van der Waals surface area contributed by atoms with Gasteiger partial charge in [0, 0.05) is 11.1 Å². The van der Waals surface area contributed by atoms with Gasteiger partial charge in [-0.05, 0) is 23.8 Å². The van der Waals surface area contributed by atoms with Crippen molar-refractivity contribution in [3.8, 4) is 11.8 Å². The zero-order chi connectivity index (χ0) is 15.4. The molecule has 0 bridgehead atoms. The van der Waals surface area contributed by atoms with Crippen LogP contribution in [0.2, 0.25) is 5.02 Å². The van der Waals surface area contributed by atoms with Crippen LogP contribution in [0.4, 0.5) is 4.39 Å². The molecule has 0 aliphatic carbocycles. The number of hydrogen-bond donors (Lipinski definition) is 0. The fourth-order valence-electron chi connectivity index (χ4n) is 1.96. The molecule has 0 fully saturated rings. The van der Waals surface area contributed by atoms with Crippen LogP contribution in [-0.2, 0) is 0 Å². The summed E-state index contributed by atoms with van der Waals surface area (Å²) < 4.78 is 18.8. The lowest BCUT2D eigenvalue weighted by Gasteiger charge is -2.11. The van der Waals surface area contributed by atoms with Gasteiger partial charge in [0.2, 0.25) is 0 Å². The summed E-state index contributed by atoms with van der Waals surface area (Å²) in [6.45, 7) is 0. The molecule has 1 atom stereocenters. The van der Waals surface area contributed by atoms with Crippen LogP contribution in [0.5, 0.6) is 5.75 Å². The Morgan fingerprint density at radius 3 is 2.62 bits per heavy atom. The Morgan fingerprint density at radius 1 is 1.33 bits per heavy atom. The molecule has 2 aromatic carbocycles. The Hall–Kier alpha value is -2.38. The van der Waals surface area contributed by atoms with Gasteiger partial charge >= 0.3 is 0 Å². The molecule has 3 nitrogen and oxygen atoms in total. The van der Waals surface area contributed by atoms with E-state index in [-0.39, 0.29) is 5.56 Å². The van der Waals surface area contributed by atoms with Crippen LogP contribution in [0.15, 0.2) is 42.5 Å². The highest BCUT2D eigenvalue weighted by Crippen LogP contribution is 2.28. The molecule has 21 heavy (non-hydrogen) atoms. The van der Waals surface area contributed by atoms with E-state index in [1.165, 1.54) is 19.2 Å². The lowest BCUT2D eigenvalue weighted by Crippen LogP contribution is -2.13. The van der Waals surface area contributed by atoms with Gasteiger partial charge in [0.1, 0.15) is 17.5 Å². The third-order valence-corrected chi connectivity index (χ3v) is 3.39. The molecule has 5 heteroatoms. The predicted molar refractivity (Wildman–Crippen MR) is 77.1 cm³/mol. The molecule has 0 radical (unpaired) electrons. The van der Waals surface area contributed by atoms with Crippen LogP contribution in [0.1, 0.15) is 21.8 Å². The Kier molecular flexibility index (Phi) is 4.56. The maximum atomic E-state index is 14.0. The summed E-state index contributed by atoms with van der Waals surface area (Å²) in [5.41, 5.74) is 0.198. The van der Waals surface area contributed by atoms with Crippen molar-refractivity contribution in [2.24, 2.45) is 0 Å². The Balaban J connectivity index is 2.43. The van der Waals surface area contributed by atoms with Gasteiger partial charge < -0.3 is 4.74 Å². The summed E-state index contributed by atoms with van der Waals surface area (Å²) in [4.78, 5) is 12.4. The summed E-state index contributed by atoms with van der Waals surface area (Å²) in [7, 11) is 1.40. The minimum atomic E-state index is -1.15. The van der Waals surface area contributed by atoms with E-state index in [1.807, 2.05) is 6.07 Å². The number of Topliss-reactive ketones (excluding diaryl/α,β-unsaturated/α-hetero) is 1. The van der Waals surface area contributed by atoms with Crippen LogP contribution in [0, 0.1) is 17.1 Å². The molecular weight excluding hydrogens is 293 g/mol. The number of nitriles is 1. The molecule has 1 unspecified atom stereocenters. The van der Waals surface area contributed by atoms with Gasteiger partial charge in [-0.15, -0.1) is 0 Å². The van der Waals surface area contributed by atoms with Gasteiger partial charge in [0.15, 0.2) is 5.78 Å². The van der Waals surface area contributed by atoms with E-state index in [2.05, 4.69) is 0 Å². The molecule has 0 saturated heterocycles. The van der Waals surface area contributed by atoms with E-state index >= 15 is 0 Å². The normalized spacial score (nSPS) is 11.5. The fourth-order valence-corrected chi connectivity index (χ4v) is 2.20. The van der Waals surface area contributed by atoms with Crippen LogP contribution in [-0.4, -0.2) is 12.9 Å². The Morgan fingerprint density at radius 2 is 2.05 bits per heavy atom. The van der Waals surface area contributed by atoms with Crippen molar-refractivity contribution in [3.63, 3.8) is 0 Å². The first-order valence-electron chi connectivity index (χ1n) is 6.10. The van der Waals surface area contributed by atoms with Crippen molar-refractivity contribution in [2.45, 2.75) is 5.92 Å². The first-order chi connectivity index (χ1) is 10.1. The van der Waals surface area contributed by atoms with Crippen LogP contribution in [0.25, 0.3) is 0 Å². The van der Waals surface area contributed by atoms with E-state index in [4.69, 9.17) is 16.3 Å². The topological polar surface area (TPSA) is 50.1 Å². The third-order valence-electron chi connectivity index (χ3n) is 3.05. The molecule has 0 aliphatic rings. The maximum Gasteiger partial charge on any atom is 0.187 e. The maximum absolute atomic E-state index is 14.0. The molecule has 0 N–H and O–H groups in total. The average molecular weight is 304 g/mol. The highest BCUT2D eigenvalue weighted by molar-refractivity contribution is 6.31. The quantitative estimate of drug-likeness (QED) is 0.803. The number of nitrogens with zero attached hydrogens (tertiary/aromatic N) is 1. The number of hydrogen-bond acceptors (Lipinski definition) is 3. The van der Waals surface area contributed by atoms with Crippen molar-refractivity contribution in [1.82, 2.24) is 0 Å². The predicted octanol–water partition coefficient (Wildman–Crippen LogP) is 3.98. The second kappa shape index (κ2) is 6.38. The first kappa shape index (κ1) is 15.0. The molecule has 0 spiro atoms. The number of carbonyl (C=O) groups excluding carboxylic acids is 1. The summed E-state index contributed by atoms with van der Waals surface area (Å²) in [5, 5.41) is 9.55. The molecule has 0 aliphatic heterocycles. The standard InChI is InChI=1S/C16H11ClFNO2/c1-21-10-6-7-12(15(18)8-10)16(20)13(9-19)11-4-2-3-5-14(11)17/h2-8,13H,1H3. The molecule has 0 amide bonds. The van der Waals surface area contributed by atoms with Gasteiger partial charge in [-0.1, -0.05) is 29.8 Å². The minimum Gasteiger partial charge on any atom is -0.497 e. The van der Waals surface area contributed by atoms with Crippen molar-refractivity contribution < 1.29 is 13.9 Å². The lowest BCUT2D eigenvalue weighted by atomic mass is 9.91. The zero-order valence-corrected chi connectivity index (χ0v) is 11.9. The van der Waals surface area contributed by atoms with Gasteiger partial charge in [0.05, 0.1) is 18.7 Å². The number of carbonyl (C=O) groups is 1. The highest BCUT2D eigenvalue weighted by Gasteiger charge is 2.26. The van der Waals surface area contributed by atoms with E-state index < -0.39 is 17.5 Å². The van der Waals surface area contributed by atoms with Gasteiger partial charge in [-0.2, -0.15) is 5.26 Å². The second-order valence-electron chi connectivity index (χ2n) is 4.29. The largest absolute Gasteiger partial charge is 0.497 e. The lowest BCUT2D eigenvalue weighted by molar-refractivity contribution is 0.0975. The highest BCUT2D eigenvalue weighted by atomic mass is 35.5. The van der Waals surface area contributed by atoms with Crippen LogP contribution < -0.4 is 4.74 Å². The van der Waals surface area contributed by atoms with Crippen molar-refractivity contribution in [1.29, 1.82) is 5.26 Å². The molecule has 0 aromatic heterocycles. The van der Waals surface area contributed by atoms with Crippen LogP contribution in [0.3, 0.4) is 0 Å². The van der Waals surface area contributed by atoms with E-state index in [0.29, 0.717) is 16.3 Å². The summed E-state index contributed by atoms with van der Waals surface area (Å²) in [6, 6.07) is 12.3. The molecule has 2 aromatic rings. The van der Waals surface area contributed by atoms with Crippen LogP contribution >= 0.6 is 11.6 Å². The molecule has 2 rings (SSSR count). The smallest absolute Gasteiger partial charge is 0.187 e. The SMILES string of the molecule is COc1ccc(C(=O)C(C#N)c2ccccc2Cl)c(F)c1. The zero-order valence-electron chi connectivity index (χ0n) is 11.1. The molecular formula is C16H11ClFNO2. The summed E-state index contributed by atoms with van der Waals surface area (Å²) in [5.74, 6) is -2.21. The average Bonchev–Trinajstić information content (AvgIpc) is 2.49. The minimum absolute atomic E-state index is 0.165. The number of ketones is 1. The number of halogens is 2. The summed E-state index contributed by atoms with van der Waals surface area (Å²) >= 11 is 6.00. The molecule has 0 saturated carbocycles. The van der Waals surface area contributed by atoms with Crippen molar-refractivity contribution in [2.75, 3.05) is 7.11 Å². The monoisotopic (exact) mass is 303 g/mol. The van der Waals surface area contributed by atoms with E-state index in [1.54, 1.807) is 24.3 Å². The number of ether oxygens (including phenoxy) is 1. The third kappa shape index (κ3) is 3.04. The van der Waals surface area contributed by atoms with Crippen molar-refractivity contribution in [3.05, 3.63) is 64.4 Å². The Labute approximate surface area is 126 Å². The summed E-state index contributed by atoms with van der Waals surface area (Å²) in [6.07, 6.45) is 0. The molecule has 0 heterocycles. The number of methoxy groups -OCH3 is 1.